The van der Waals surface area contributed by atoms with Crippen molar-refractivity contribution in [1.82, 2.24) is 19.1 Å². The van der Waals surface area contributed by atoms with Crippen LogP contribution in [0.4, 0.5) is 0 Å². The lowest BCUT2D eigenvalue weighted by Gasteiger charge is -2.09. The van der Waals surface area contributed by atoms with E-state index in [-0.39, 0.29) is 6.42 Å². The predicted octanol–water partition coefficient (Wildman–Crippen LogP) is 3.42. The highest BCUT2D eigenvalue weighted by molar-refractivity contribution is 5.74. The molecule has 0 bridgehead atoms. The number of carbonyl (C=O) groups is 1. The monoisotopic (exact) mass is 456 g/mol. The molecule has 0 radical (unpaired) electrons. The van der Waals surface area contributed by atoms with Gasteiger partial charge in [-0.2, -0.15) is 0 Å². The van der Waals surface area contributed by atoms with Gasteiger partial charge < -0.3 is 14.0 Å². The Labute approximate surface area is 192 Å². The van der Waals surface area contributed by atoms with Gasteiger partial charge in [0, 0.05) is 19.5 Å². The Morgan fingerprint density at radius 2 is 1.64 bits per heavy atom. The van der Waals surface area contributed by atoms with Crippen molar-refractivity contribution in [3.8, 4) is 11.5 Å². The maximum atomic E-state index is 12.7. The standard InChI is InChI=1S/C24H32N4O5/c1-4-6-8-16-27-19(13-14-20(29)33-18-11-9-17(32-3)10-12-18)25-22-21(27)23(30)26-24(31)28(22)15-7-5-2/h9-12H,4-8,13-16H2,1-3H3,(H,26,30,31). The second kappa shape index (κ2) is 11.5. The highest BCUT2D eigenvalue weighted by atomic mass is 16.5. The van der Waals surface area contributed by atoms with Gasteiger partial charge in [0.05, 0.1) is 13.5 Å². The lowest BCUT2D eigenvalue weighted by Crippen LogP contribution is -2.31. The van der Waals surface area contributed by atoms with Gasteiger partial charge in [-0.25, -0.2) is 9.78 Å². The summed E-state index contributed by atoms with van der Waals surface area (Å²) in [6.45, 7) is 5.23. The zero-order valence-electron chi connectivity index (χ0n) is 19.6. The number of esters is 1. The number of aromatic nitrogens is 4. The van der Waals surface area contributed by atoms with E-state index in [2.05, 4.69) is 16.9 Å². The van der Waals surface area contributed by atoms with Crippen LogP contribution in [-0.4, -0.2) is 32.2 Å². The van der Waals surface area contributed by atoms with Gasteiger partial charge in [0.2, 0.25) is 0 Å². The number of aromatic amines is 1. The summed E-state index contributed by atoms with van der Waals surface area (Å²) in [5.74, 6) is 1.32. The summed E-state index contributed by atoms with van der Waals surface area (Å²) < 4.78 is 13.9. The lowest BCUT2D eigenvalue weighted by molar-refractivity contribution is -0.134. The molecule has 0 atom stereocenters. The van der Waals surface area contributed by atoms with Gasteiger partial charge in [0.15, 0.2) is 11.2 Å². The van der Waals surface area contributed by atoms with Crippen LogP contribution in [0.2, 0.25) is 0 Å². The summed E-state index contributed by atoms with van der Waals surface area (Å²) in [5, 5.41) is 0. The molecule has 1 N–H and O–H groups in total. The fourth-order valence-corrected chi connectivity index (χ4v) is 3.73. The van der Waals surface area contributed by atoms with E-state index in [1.807, 2.05) is 11.5 Å². The fourth-order valence-electron chi connectivity index (χ4n) is 3.73. The van der Waals surface area contributed by atoms with E-state index >= 15 is 0 Å². The third-order valence-corrected chi connectivity index (χ3v) is 5.53. The van der Waals surface area contributed by atoms with Crippen molar-refractivity contribution in [2.75, 3.05) is 7.11 Å². The van der Waals surface area contributed by atoms with Gasteiger partial charge in [-0.3, -0.25) is 19.1 Å². The van der Waals surface area contributed by atoms with E-state index < -0.39 is 17.2 Å². The van der Waals surface area contributed by atoms with Gasteiger partial charge in [-0.15, -0.1) is 0 Å². The molecule has 1 aromatic carbocycles. The number of benzene rings is 1. The van der Waals surface area contributed by atoms with E-state index in [0.717, 1.165) is 32.1 Å². The minimum absolute atomic E-state index is 0.0974. The van der Waals surface area contributed by atoms with Crippen molar-refractivity contribution < 1.29 is 14.3 Å². The number of nitrogens with zero attached hydrogens (tertiary/aromatic N) is 3. The number of hydrogen-bond donors (Lipinski definition) is 1. The molecule has 178 valence electrons. The van der Waals surface area contributed by atoms with E-state index in [1.54, 1.807) is 31.4 Å². The number of methoxy groups -OCH3 is 1. The molecule has 0 saturated carbocycles. The van der Waals surface area contributed by atoms with Crippen LogP contribution in [-0.2, 0) is 24.3 Å². The first-order chi connectivity index (χ1) is 16.0. The van der Waals surface area contributed by atoms with Crippen LogP contribution in [0.5, 0.6) is 11.5 Å². The fraction of sp³-hybridized carbons (Fsp3) is 0.500. The van der Waals surface area contributed by atoms with Gasteiger partial charge >= 0.3 is 11.7 Å². The first-order valence-corrected chi connectivity index (χ1v) is 11.5. The number of ether oxygens (including phenoxy) is 2. The molecule has 3 aromatic rings. The first-order valence-electron chi connectivity index (χ1n) is 11.5. The maximum Gasteiger partial charge on any atom is 0.330 e. The Morgan fingerprint density at radius 1 is 0.970 bits per heavy atom. The number of fused-ring (bicyclic) bond motifs is 1. The molecule has 33 heavy (non-hydrogen) atoms. The zero-order valence-corrected chi connectivity index (χ0v) is 19.6. The second-order valence-electron chi connectivity index (χ2n) is 7.97. The second-order valence-corrected chi connectivity index (χ2v) is 7.97. The highest BCUT2D eigenvalue weighted by Crippen LogP contribution is 2.19. The van der Waals surface area contributed by atoms with E-state index in [9.17, 15) is 14.4 Å². The Hall–Kier alpha value is -3.36. The summed E-state index contributed by atoms with van der Waals surface area (Å²) in [6, 6.07) is 6.78. The zero-order chi connectivity index (χ0) is 23.8. The number of aryl methyl sites for hydroxylation is 3. The largest absolute Gasteiger partial charge is 0.497 e. The third-order valence-electron chi connectivity index (χ3n) is 5.53. The van der Waals surface area contributed by atoms with Gasteiger partial charge in [0.1, 0.15) is 17.3 Å². The first kappa shape index (κ1) is 24.3. The number of nitrogens with one attached hydrogen (secondary N) is 1. The van der Waals surface area contributed by atoms with Gasteiger partial charge in [0.25, 0.3) is 5.56 Å². The molecule has 3 rings (SSSR count). The average molecular weight is 457 g/mol. The van der Waals surface area contributed by atoms with Crippen molar-refractivity contribution >= 4 is 17.1 Å². The molecule has 9 heteroatoms. The smallest absolute Gasteiger partial charge is 0.330 e. The number of H-pyrrole nitrogens is 1. The SMILES string of the molecule is CCCCCn1c(CCC(=O)Oc2ccc(OC)cc2)nc2c1c(=O)[nH]c(=O)n2CCCC. The van der Waals surface area contributed by atoms with Crippen LogP contribution >= 0.6 is 0 Å². The van der Waals surface area contributed by atoms with Crippen LogP contribution in [0.3, 0.4) is 0 Å². The number of hydrogen-bond acceptors (Lipinski definition) is 6. The maximum absolute atomic E-state index is 12.7. The Bertz CT molecular complexity index is 1190. The quantitative estimate of drug-likeness (QED) is 0.254. The number of imidazole rings is 1. The molecule has 0 aliphatic rings. The molecular weight excluding hydrogens is 424 g/mol. The third kappa shape index (κ3) is 5.91. The summed E-state index contributed by atoms with van der Waals surface area (Å²) in [4.78, 5) is 44.6. The molecule has 2 heterocycles. The number of carbonyl (C=O) groups excluding carboxylic acids is 1. The minimum Gasteiger partial charge on any atom is -0.497 e. The lowest BCUT2D eigenvalue weighted by atomic mass is 10.2. The molecule has 0 aliphatic heterocycles. The summed E-state index contributed by atoms with van der Waals surface area (Å²) in [5.41, 5.74) is -0.129. The van der Waals surface area contributed by atoms with Crippen LogP contribution in [0.25, 0.3) is 11.2 Å². The van der Waals surface area contributed by atoms with E-state index in [1.165, 1.54) is 4.57 Å². The molecule has 0 spiro atoms. The van der Waals surface area contributed by atoms with Crippen LogP contribution in [0.15, 0.2) is 33.9 Å². The molecule has 0 aliphatic carbocycles. The van der Waals surface area contributed by atoms with Crippen molar-refractivity contribution in [3.05, 3.63) is 50.9 Å². The molecule has 0 fully saturated rings. The van der Waals surface area contributed by atoms with Crippen molar-refractivity contribution in [2.45, 2.75) is 71.9 Å². The molecular formula is C24H32N4O5. The summed E-state index contributed by atoms with van der Waals surface area (Å²) in [7, 11) is 1.57. The van der Waals surface area contributed by atoms with E-state index in [4.69, 9.17) is 9.47 Å². The Morgan fingerprint density at radius 3 is 2.30 bits per heavy atom. The normalized spacial score (nSPS) is 11.1. The summed E-state index contributed by atoms with van der Waals surface area (Å²) >= 11 is 0. The Kier molecular flexibility index (Phi) is 8.46. The van der Waals surface area contributed by atoms with E-state index in [0.29, 0.717) is 48.0 Å². The molecule has 0 unspecified atom stereocenters. The molecule has 9 nitrogen and oxygen atoms in total. The van der Waals surface area contributed by atoms with Crippen LogP contribution in [0.1, 0.15) is 58.2 Å². The minimum atomic E-state index is -0.454. The van der Waals surface area contributed by atoms with Crippen molar-refractivity contribution in [2.24, 2.45) is 0 Å². The van der Waals surface area contributed by atoms with Crippen LogP contribution in [0, 0.1) is 0 Å². The van der Waals surface area contributed by atoms with Crippen molar-refractivity contribution in [3.63, 3.8) is 0 Å². The predicted molar refractivity (Wildman–Crippen MR) is 126 cm³/mol. The number of rotatable bonds is 12. The molecule has 0 saturated heterocycles. The number of unbranched alkanes of at least 4 members (excludes halogenated alkanes) is 3. The van der Waals surface area contributed by atoms with Gasteiger partial charge in [-0.1, -0.05) is 33.1 Å². The molecule has 2 aromatic heterocycles. The van der Waals surface area contributed by atoms with Gasteiger partial charge in [-0.05, 0) is 37.1 Å². The molecule has 0 amide bonds. The summed E-state index contributed by atoms with van der Waals surface area (Å²) in [6.07, 6.45) is 5.03. The van der Waals surface area contributed by atoms with Crippen LogP contribution < -0.4 is 20.7 Å². The topological polar surface area (TPSA) is 108 Å². The Balaban J connectivity index is 1.87. The van der Waals surface area contributed by atoms with Crippen molar-refractivity contribution in [1.29, 1.82) is 0 Å². The highest BCUT2D eigenvalue weighted by Gasteiger charge is 2.19. The average Bonchev–Trinajstić information content (AvgIpc) is 3.17.